The van der Waals surface area contributed by atoms with Crippen LogP contribution < -0.4 is 0 Å². The summed E-state index contributed by atoms with van der Waals surface area (Å²) in [5.41, 5.74) is 5.86. The molecular weight excluding hydrogens is 354 g/mol. The van der Waals surface area contributed by atoms with Crippen LogP contribution in [0.3, 0.4) is 0 Å². The van der Waals surface area contributed by atoms with Crippen molar-refractivity contribution in [2.75, 3.05) is 12.8 Å². The number of fused-ring (bicyclic) bond motifs is 1. The topological polar surface area (TPSA) is 49.0 Å². The number of hydrogen-bond acceptors (Lipinski definition) is 3. The molecule has 0 aliphatic carbocycles. The third kappa shape index (κ3) is 3.06. The Balaban J connectivity index is 1.85. The van der Waals surface area contributed by atoms with E-state index in [0.29, 0.717) is 5.69 Å². The molecular formula is C22H23N3OS. The number of benzene rings is 2. The molecule has 2 heterocycles. The van der Waals surface area contributed by atoms with Gasteiger partial charge in [0.2, 0.25) is 0 Å². The van der Waals surface area contributed by atoms with Crippen molar-refractivity contribution in [2.24, 2.45) is 0 Å². The summed E-state index contributed by atoms with van der Waals surface area (Å²) in [6.45, 7) is 4.90. The largest absolute Gasteiger partial charge is 0.326 e. The Morgan fingerprint density at radius 1 is 1.11 bits per heavy atom. The lowest BCUT2D eigenvalue weighted by atomic mass is 9.96. The van der Waals surface area contributed by atoms with E-state index in [9.17, 15) is 4.79 Å². The standard InChI is InChI=1S/C22H23N3OS/c1-4-13-25-21(16-9-11-17(27-3)12-10-16)18-19(23-24-20(18)22(25)26)15-7-5-14(2)6-8-15/h5-12,21H,4,13H2,1-3H3,(H,23,24). The molecule has 0 saturated carbocycles. The molecule has 0 fully saturated rings. The predicted molar refractivity (Wildman–Crippen MR) is 110 cm³/mol. The van der Waals surface area contributed by atoms with Crippen molar-refractivity contribution < 1.29 is 4.79 Å². The lowest BCUT2D eigenvalue weighted by molar-refractivity contribution is 0.0744. The zero-order chi connectivity index (χ0) is 19.0. The van der Waals surface area contributed by atoms with E-state index in [4.69, 9.17) is 0 Å². The van der Waals surface area contributed by atoms with Crippen LogP contribution in [0.25, 0.3) is 11.3 Å². The number of H-pyrrole nitrogens is 1. The number of thioether (sulfide) groups is 1. The molecule has 4 rings (SSSR count). The second-order valence-corrected chi connectivity index (χ2v) is 7.78. The Kier molecular flexibility index (Phi) is 4.79. The lowest BCUT2D eigenvalue weighted by Gasteiger charge is -2.26. The average Bonchev–Trinajstić information content (AvgIpc) is 3.23. The second kappa shape index (κ2) is 7.24. The van der Waals surface area contributed by atoms with Gasteiger partial charge in [-0.2, -0.15) is 5.10 Å². The lowest BCUT2D eigenvalue weighted by Crippen LogP contribution is -2.30. The summed E-state index contributed by atoms with van der Waals surface area (Å²) in [5.74, 6) is 0.0386. The molecule has 1 atom stereocenters. The molecule has 0 saturated heterocycles. The maximum atomic E-state index is 13.0. The highest BCUT2D eigenvalue weighted by Gasteiger charge is 2.41. The first-order valence-corrected chi connectivity index (χ1v) is 10.5. The fraction of sp³-hybridized carbons (Fsp3) is 0.273. The number of aromatic amines is 1. The van der Waals surface area contributed by atoms with Crippen LogP contribution in [0.15, 0.2) is 53.4 Å². The summed E-state index contributed by atoms with van der Waals surface area (Å²) < 4.78 is 0. The number of carbonyl (C=O) groups excluding carboxylic acids is 1. The molecule has 27 heavy (non-hydrogen) atoms. The van der Waals surface area contributed by atoms with Crippen molar-refractivity contribution in [2.45, 2.75) is 31.2 Å². The molecule has 1 aliphatic heterocycles. The number of nitrogens with one attached hydrogen (secondary N) is 1. The third-order valence-corrected chi connectivity index (χ3v) is 5.83. The Morgan fingerprint density at radius 3 is 2.44 bits per heavy atom. The van der Waals surface area contributed by atoms with E-state index in [-0.39, 0.29) is 11.9 Å². The van der Waals surface area contributed by atoms with E-state index >= 15 is 0 Å². The van der Waals surface area contributed by atoms with E-state index in [1.807, 2.05) is 4.90 Å². The molecule has 0 radical (unpaired) electrons. The van der Waals surface area contributed by atoms with Crippen LogP contribution in [-0.4, -0.2) is 33.8 Å². The van der Waals surface area contributed by atoms with Gasteiger partial charge in [-0.15, -0.1) is 11.8 Å². The quantitative estimate of drug-likeness (QED) is 0.632. The van der Waals surface area contributed by atoms with E-state index in [0.717, 1.165) is 35.3 Å². The van der Waals surface area contributed by atoms with E-state index in [1.165, 1.54) is 10.5 Å². The van der Waals surface area contributed by atoms with Gasteiger partial charge in [0.25, 0.3) is 5.91 Å². The normalized spacial score (nSPS) is 16.0. The number of aromatic nitrogens is 2. The highest BCUT2D eigenvalue weighted by Crippen LogP contribution is 2.43. The molecule has 1 amide bonds. The summed E-state index contributed by atoms with van der Waals surface area (Å²) in [4.78, 5) is 16.2. The van der Waals surface area contributed by atoms with Crippen LogP contribution in [0.4, 0.5) is 0 Å². The summed E-state index contributed by atoms with van der Waals surface area (Å²) in [6.07, 6.45) is 2.99. The molecule has 0 spiro atoms. The summed E-state index contributed by atoms with van der Waals surface area (Å²) >= 11 is 1.72. The molecule has 0 bridgehead atoms. The Labute approximate surface area is 164 Å². The molecule has 3 aromatic rings. The first kappa shape index (κ1) is 17.9. The van der Waals surface area contributed by atoms with Crippen LogP contribution in [0.2, 0.25) is 0 Å². The maximum Gasteiger partial charge on any atom is 0.273 e. The Morgan fingerprint density at radius 2 is 1.81 bits per heavy atom. The van der Waals surface area contributed by atoms with Gasteiger partial charge in [-0.3, -0.25) is 9.89 Å². The average molecular weight is 378 g/mol. The molecule has 2 aromatic carbocycles. The summed E-state index contributed by atoms with van der Waals surface area (Å²) in [5, 5.41) is 7.53. The SMILES string of the molecule is CCCN1C(=O)c2[nH]nc(-c3ccc(C)cc3)c2C1c1ccc(SC)cc1. The van der Waals surface area contributed by atoms with Gasteiger partial charge in [-0.25, -0.2) is 0 Å². The number of amides is 1. The number of nitrogens with zero attached hydrogens (tertiary/aromatic N) is 2. The fourth-order valence-corrected chi connectivity index (χ4v) is 4.14. The van der Waals surface area contributed by atoms with Crippen molar-refractivity contribution in [3.05, 3.63) is 70.9 Å². The van der Waals surface area contributed by atoms with Gasteiger partial charge in [0, 0.05) is 22.6 Å². The molecule has 1 unspecified atom stereocenters. The maximum absolute atomic E-state index is 13.0. The van der Waals surface area contributed by atoms with Crippen molar-refractivity contribution in [1.82, 2.24) is 15.1 Å². The molecule has 5 heteroatoms. The molecule has 138 valence electrons. The van der Waals surface area contributed by atoms with Gasteiger partial charge in [-0.1, -0.05) is 48.9 Å². The van der Waals surface area contributed by atoms with Crippen molar-refractivity contribution >= 4 is 17.7 Å². The van der Waals surface area contributed by atoms with Crippen molar-refractivity contribution in [1.29, 1.82) is 0 Å². The van der Waals surface area contributed by atoms with E-state index < -0.39 is 0 Å². The second-order valence-electron chi connectivity index (χ2n) is 6.90. The van der Waals surface area contributed by atoms with Crippen molar-refractivity contribution in [3.63, 3.8) is 0 Å². The zero-order valence-corrected chi connectivity index (χ0v) is 16.6. The summed E-state index contributed by atoms with van der Waals surface area (Å²) in [6, 6.07) is 16.7. The monoisotopic (exact) mass is 377 g/mol. The molecule has 1 aromatic heterocycles. The minimum atomic E-state index is -0.0987. The van der Waals surface area contributed by atoms with E-state index in [2.05, 4.69) is 78.8 Å². The molecule has 4 nitrogen and oxygen atoms in total. The van der Waals surface area contributed by atoms with Gasteiger partial charge in [0.1, 0.15) is 5.69 Å². The minimum absolute atomic E-state index is 0.0386. The number of hydrogen-bond donors (Lipinski definition) is 1. The first-order valence-electron chi connectivity index (χ1n) is 9.24. The minimum Gasteiger partial charge on any atom is -0.326 e. The highest BCUT2D eigenvalue weighted by atomic mass is 32.2. The predicted octanol–water partition coefficient (Wildman–Crippen LogP) is 5.06. The number of aryl methyl sites for hydroxylation is 1. The van der Waals surface area contributed by atoms with Gasteiger partial charge in [0.05, 0.1) is 11.7 Å². The smallest absolute Gasteiger partial charge is 0.273 e. The zero-order valence-electron chi connectivity index (χ0n) is 15.8. The van der Waals surface area contributed by atoms with Crippen molar-refractivity contribution in [3.8, 4) is 11.3 Å². The Hall–Kier alpha value is -2.53. The number of carbonyl (C=O) groups is 1. The van der Waals surface area contributed by atoms with E-state index in [1.54, 1.807) is 11.8 Å². The van der Waals surface area contributed by atoms with Gasteiger partial charge < -0.3 is 4.90 Å². The fourth-order valence-electron chi connectivity index (χ4n) is 3.73. The highest BCUT2D eigenvalue weighted by molar-refractivity contribution is 7.98. The first-order chi connectivity index (χ1) is 13.1. The van der Waals surface area contributed by atoms with Crippen LogP contribution in [-0.2, 0) is 0 Å². The third-order valence-electron chi connectivity index (χ3n) is 5.08. The molecule has 1 aliphatic rings. The van der Waals surface area contributed by atoms with Crippen LogP contribution in [0.5, 0.6) is 0 Å². The summed E-state index contributed by atoms with van der Waals surface area (Å²) in [7, 11) is 0. The van der Waals surface area contributed by atoms with Gasteiger partial charge in [-0.05, 0) is 37.3 Å². The van der Waals surface area contributed by atoms with Crippen LogP contribution >= 0.6 is 11.8 Å². The van der Waals surface area contributed by atoms with Gasteiger partial charge in [0.15, 0.2) is 0 Å². The van der Waals surface area contributed by atoms with Gasteiger partial charge >= 0.3 is 0 Å². The van der Waals surface area contributed by atoms with Crippen LogP contribution in [0.1, 0.15) is 46.6 Å². The molecule has 1 N–H and O–H groups in total. The number of rotatable bonds is 5. The van der Waals surface area contributed by atoms with Crippen LogP contribution in [0, 0.1) is 6.92 Å². The Bertz CT molecular complexity index is 960.